The quantitative estimate of drug-likeness (QED) is 0.181. The number of benzene rings is 3. The Hall–Kier alpha value is -3.99. The van der Waals surface area contributed by atoms with E-state index in [0.717, 1.165) is 21.3 Å². The fourth-order valence-electron chi connectivity index (χ4n) is 4.30. The third-order valence-electron chi connectivity index (χ3n) is 6.30. The van der Waals surface area contributed by atoms with Crippen LogP contribution in [0.15, 0.2) is 82.8 Å². The smallest absolute Gasteiger partial charge is 0.264 e. The third-order valence-corrected chi connectivity index (χ3v) is 8.63. The third kappa shape index (κ3) is 6.51. The number of rotatable bonds is 10. The van der Waals surface area contributed by atoms with Crippen molar-refractivity contribution in [2.75, 3.05) is 25.1 Å². The number of para-hydroxylation sites is 2. The lowest BCUT2D eigenvalue weighted by Crippen LogP contribution is -2.39. The Morgan fingerprint density at radius 1 is 1.00 bits per heavy atom. The summed E-state index contributed by atoms with van der Waals surface area (Å²) in [6.07, 6.45) is 1.49. The van der Waals surface area contributed by atoms with E-state index in [0.29, 0.717) is 21.5 Å². The van der Waals surface area contributed by atoms with Gasteiger partial charge in [-0.15, -0.1) is 0 Å². The number of aryl methyl sites for hydroxylation is 1. The number of hydrogen-bond donors (Lipinski definition) is 1. The van der Waals surface area contributed by atoms with E-state index in [1.807, 2.05) is 24.5 Å². The van der Waals surface area contributed by atoms with Crippen LogP contribution in [-0.2, 0) is 14.8 Å². The van der Waals surface area contributed by atoms with Crippen molar-refractivity contribution in [3.63, 3.8) is 0 Å². The van der Waals surface area contributed by atoms with Gasteiger partial charge in [0, 0.05) is 22.0 Å². The van der Waals surface area contributed by atoms with Crippen LogP contribution in [0.3, 0.4) is 0 Å². The molecule has 41 heavy (non-hydrogen) atoms. The van der Waals surface area contributed by atoms with Crippen LogP contribution >= 0.6 is 23.2 Å². The summed E-state index contributed by atoms with van der Waals surface area (Å²) in [4.78, 5) is 13.0. The molecule has 0 unspecified atom stereocenters. The molecule has 0 radical (unpaired) electrons. The minimum Gasteiger partial charge on any atom is -0.497 e. The normalized spacial score (nSPS) is 11.5. The van der Waals surface area contributed by atoms with Gasteiger partial charge in [0.15, 0.2) is 0 Å². The van der Waals surface area contributed by atoms with Crippen molar-refractivity contribution in [2.45, 2.75) is 18.7 Å². The maximum absolute atomic E-state index is 13.7. The zero-order valence-corrected chi connectivity index (χ0v) is 25.1. The van der Waals surface area contributed by atoms with Crippen molar-refractivity contribution in [1.82, 2.24) is 9.99 Å². The van der Waals surface area contributed by atoms with Gasteiger partial charge < -0.3 is 14.0 Å². The largest absolute Gasteiger partial charge is 0.497 e. The van der Waals surface area contributed by atoms with Crippen LogP contribution in [0.5, 0.6) is 11.5 Å². The maximum Gasteiger partial charge on any atom is 0.264 e. The van der Waals surface area contributed by atoms with Gasteiger partial charge in [0.05, 0.1) is 41.7 Å². The second-order valence-electron chi connectivity index (χ2n) is 8.91. The number of aromatic nitrogens is 1. The van der Waals surface area contributed by atoms with Gasteiger partial charge in [0.25, 0.3) is 15.9 Å². The van der Waals surface area contributed by atoms with Crippen LogP contribution in [0.2, 0.25) is 10.0 Å². The Kier molecular flexibility index (Phi) is 9.27. The molecule has 1 N–H and O–H groups in total. The first kappa shape index (κ1) is 30.0. The lowest BCUT2D eigenvalue weighted by molar-refractivity contribution is -0.119. The number of nitrogens with zero attached hydrogens (tertiary/aromatic N) is 3. The number of amides is 1. The molecular formula is C29H28Cl2N4O5S. The minimum atomic E-state index is -4.17. The molecule has 3 aromatic carbocycles. The second-order valence-corrected chi connectivity index (χ2v) is 11.6. The molecule has 0 saturated carbocycles. The molecular weight excluding hydrogens is 587 g/mol. The van der Waals surface area contributed by atoms with E-state index in [9.17, 15) is 13.2 Å². The minimum absolute atomic E-state index is 0.0207. The summed E-state index contributed by atoms with van der Waals surface area (Å²) in [6.45, 7) is 3.25. The zero-order chi connectivity index (χ0) is 29.7. The molecule has 0 atom stereocenters. The van der Waals surface area contributed by atoms with Crippen molar-refractivity contribution >= 4 is 51.0 Å². The van der Waals surface area contributed by atoms with E-state index in [1.54, 1.807) is 42.5 Å². The van der Waals surface area contributed by atoms with Crippen molar-refractivity contribution in [3.05, 3.63) is 99.8 Å². The highest BCUT2D eigenvalue weighted by Crippen LogP contribution is 2.33. The molecule has 4 aromatic rings. The van der Waals surface area contributed by atoms with Crippen LogP contribution in [0.1, 0.15) is 17.0 Å². The average molecular weight is 616 g/mol. The molecule has 0 aliphatic carbocycles. The second kappa shape index (κ2) is 12.7. The summed E-state index contributed by atoms with van der Waals surface area (Å²) in [5.41, 5.74) is 5.78. The van der Waals surface area contributed by atoms with Crippen LogP contribution in [0.4, 0.5) is 5.69 Å². The lowest BCUT2D eigenvalue weighted by atomic mass is 10.2. The summed E-state index contributed by atoms with van der Waals surface area (Å²) in [5.74, 6) is 0.126. The SMILES string of the molecule is COc1ccc(S(=O)(=O)N(CC(=O)N/N=C\c2cc(C)n(-c3cc(Cl)ccc3Cl)c2C)c2ccccc2OC)cc1. The van der Waals surface area contributed by atoms with Crippen LogP contribution in [0, 0.1) is 13.8 Å². The number of nitrogens with one attached hydrogen (secondary N) is 1. The van der Waals surface area contributed by atoms with Gasteiger partial charge in [0.1, 0.15) is 18.0 Å². The molecule has 0 aliphatic rings. The molecule has 0 bridgehead atoms. The van der Waals surface area contributed by atoms with Crippen molar-refractivity contribution < 1.29 is 22.7 Å². The van der Waals surface area contributed by atoms with Gasteiger partial charge >= 0.3 is 0 Å². The van der Waals surface area contributed by atoms with Crippen LogP contribution < -0.4 is 19.2 Å². The summed E-state index contributed by atoms with van der Waals surface area (Å²) in [6, 6.07) is 19.5. The first-order chi connectivity index (χ1) is 19.6. The Labute approximate surface area is 249 Å². The molecule has 0 fully saturated rings. The van der Waals surface area contributed by atoms with Gasteiger partial charge in [-0.1, -0.05) is 35.3 Å². The number of anilines is 1. The first-order valence-electron chi connectivity index (χ1n) is 12.3. The summed E-state index contributed by atoms with van der Waals surface area (Å²) < 4.78 is 40.8. The van der Waals surface area contributed by atoms with E-state index in [2.05, 4.69) is 10.5 Å². The van der Waals surface area contributed by atoms with Crippen molar-refractivity contribution in [3.8, 4) is 17.2 Å². The van der Waals surface area contributed by atoms with Gasteiger partial charge in [-0.3, -0.25) is 9.10 Å². The molecule has 214 valence electrons. The molecule has 1 aromatic heterocycles. The Morgan fingerprint density at radius 2 is 1.71 bits per heavy atom. The van der Waals surface area contributed by atoms with Gasteiger partial charge in [-0.05, 0) is 74.5 Å². The fourth-order valence-corrected chi connectivity index (χ4v) is 6.10. The van der Waals surface area contributed by atoms with E-state index in [-0.39, 0.29) is 16.3 Å². The number of hydrazone groups is 1. The summed E-state index contributed by atoms with van der Waals surface area (Å²) >= 11 is 12.6. The van der Waals surface area contributed by atoms with Crippen LogP contribution in [-0.4, -0.2) is 45.9 Å². The van der Waals surface area contributed by atoms with Gasteiger partial charge in [0.2, 0.25) is 0 Å². The lowest BCUT2D eigenvalue weighted by Gasteiger charge is -2.25. The number of ether oxygens (including phenoxy) is 2. The number of methoxy groups -OCH3 is 2. The molecule has 1 amide bonds. The van der Waals surface area contributed by atoms with E-state index in [4.69, 9.17) is 32.7 Å². The summed E-state index contributed by atoms with van der Waals surface area (Å²) in [5, 5.41) is 5.17. The van der Waals surface area contributed by atoms with Crippen molar-refractivity contribution in [2.24, 2.45) is 5.10 Å². The van der Waals surface area contributed by atoms with Crippen molar-refractivity contribution in [1.29, 1.82) is 0 Å². The molecule has 0 saturated heterocycles. The monoisotopic (exact) mass is 614 g/mol. The van der Waals surface area contributed by atoms with Gasteiger partial charge in [-0.2, -0.15) is 5.10 Å². The molecule has 9 nitrogen and oxygen atoms in total. The number of carbonyl (C=O) groups excluding carboxylic acids is 1. The van der Waals surface area contributed by atoms with Crippen LogP contribution in [0.25, 0.3) is 5.69 Å². The number of sulfonamides is 1. The highest BCUT2D eigenvalue weighted by molar-refractivity contribution is 7.92. The summed E-state index contributed by atoms with van der Waals surface area (Å²) in [7, 11) is -1.26. The number of carbonyl (C=O) groups is 1. The van der Waals surface area contributed by atoms with E-state index >= 15 is 0 Å². The first-order valence-corrected chi connectivity index (χ1v) is 14.5. The highest BCUT2D eigenvalue weighted by Gasteiger charge is 2.29. The molecule has 12 heteroatoms. The zero-order valence-electron chi connectivity index (χ0n) is 22.8. The predicted molar refractivity (Wildman–Crippen MR) is 162 cm³/mol. The molecule has 4 rings (SSSR count). The average Bonchev–Trinajstić information content (AvgIpc) is 3.25. The maximum atomic E-state index is 13.7. The van der Waals surface area contributed by atoms with E-state index in [1.165, 1.54) is 44.7 Å². The topological polar surface area (TPSA) is 102 Å². The Morgan fingerprint density at radius 3 is 2.39 bits per heavy atom. The van der Waals surface area contributed by atoms with E-state index < -0.39 is 22.5 Å². The molecule has 0 aliphatic heterocycles. The molecule has 1 heterocycles. The molecule has 0 spiro atoms. The van der Waals surface area contributed by atoms with Gasteiger partial charge in [-0.25, -0.2) is 13.8 Å². The Balaban J connectivity index is 1.59. The standard InChI is InChI=1S/C29H28Cl2N4O5S/c1-19-15-21(20(2)35(19)27-16-22(30)9-14-25(27)31)17-32-33-29(36)18-34(26-7-5-6-8-28(26)40-4)41(37,38)24-12-10-23(39-3)11-13-24/h5-17H,18H2,1-4H3,(H,33,36)/b32-17-. The number of hydrogen-bond acceptors (Lipinski definition) is 6. The predicted octanol–water partition coefficient (Wildman–Crippen LogP) is 5.76. The highest BCUT2D eigenvalue weighted by atomic mass is 35.5. The fraction of sp³-hybridized carbons (Fsp3) is 0.172. The Bertz CT molecular complexity index is 1700. The number of halogens is 2.